The maximum Gasteiger partial charge on any atom is 0.265 e. The van der Waals surface area contributed by atoms with E-state index in [1.807, 2.05) is 24.3 Å². The van der Waals surface area contributed by atoms with Crippen molar-refractivity contribution in [2.24, 2.45) is 0 Å². The van der Waals surface area contributed by atoms with E-state index in [4.69, 9.17) is 12.2 Å². The Kier molecular flexibility index (Phi) is 3.12. The fourth-order valence-corrected chi connectivity index (χ4v) is 3.17. The van der Waals surface area contributed by atoms with Crippen LogP contribution >= 0.6 is 24.0 Å². The second-order valence-electron chi connectivity index (χ2n) is 4.35. The van der Waals surface area contributed by atoms with Gasteiger partial charge in [-0.3, -0.25) is 9.69 Å². The summed E-state index contributed by atoms with van der Waals surface area (Å²) in [6, 6.07) is 14.3. The van der Waals surface area contributed by atoms with E-state index in [1.165, 1.54) is 27.4 Å². The molecule has 0 N–H and O–H groups in total. The molecule has 0 aromatic heterocycles. The summed E-state index contributed by atoms with van der Waals surface area (Å²) in [6.45, 7) is 0. The van der Waals surface area contributed by atoms with Gasteiger partial charge >= 0.3 is 0 Å². The molecule has 2 aromatic rings. The van der Waals surface area contributed by atoms with Crippen LogP contribution in [0.15, 0.2) is 47.4 Å². The zero-order valence-corrected chi connectivity index (χ0v) is 11.9. The lowest BCUT2D eigenvalue weighted by Crippen LogP contribution is -2.22. The van der Waals surface area contributed by atoms with Crippen molar-refractivity contribution in [3.05, 3.63) is 52.9 Å². The molecule has 2 aromatic carbocycles. The molecule has 0 radical (unpaired) electrons. The van der Waals surface area contributed by atoms with E-state index in [9.17, 15) is 4.79 Å². The van der Waals surface area contributed by atoms with Gasteiger partial charge in [0.1, 0.15) is 4.32 Å². The van der Waals surface area contributed by atoms with Gasteiger partial charge in [-0.15, -0.1) is 0 Å². The number of thiocarbonyl (C=S) groups is 1. The SMILES string of the molecule is CN1C(=O)/C(=C\c2ccc3ccccc3c2)SC1=S. The first-order chi connectivity index (χ1) is 9.15. The summed E-state index contributed by atoms with van der Waals surface area (Å²) in [4.78, 5) is 14.1. The molecule has 0 atom stereocenters. The fraction of sp³-hybridized carbons (Fsp3) is 0.0667. The molecule has 1 saturated heterocycles. The lowest BCUT2D eigenvalue weighted by atomic mass is 10.1. The van der Waals surface area contributed by atoms with Crippen LogP contribution < -0.4 is 0 Å². The van der Waals surface area contributed by atoms with Crippen LogP contribution in [0.1, 0.15) is 5.56 Å². The molecule has 3 rings (SSSR count). The monoisotopic (exact) mass is 285 g/mol. The van der Waals surface area contributed by atoms with Gasteiger partial charge in [-0.1, -0.05) is 60.4 Å². The molecule has 0 aliphatic carbocycles. The number of thioether (sulfide) groups is 1. The predicted molar refractivity (Wildman–Crippen MR) is 84.9 cm³/mol. The van der Waals surface area contributed by atoms with E-state index >= 15 is 0 Å². The van der Waals surface area contributed by atoms with Gasteiger partial charge in [0.15, 0.2) is 0 Å². The third-order valence-corrected chi connectivity index (χ3v) is 4.54. The zero-order valence-electron chi connectivity index (χ0n) is 10.3. The third-order valence-electron chi connectivity index (χ3n) is 3.06. The Morgan fingerprint density at radius 3 is 2.58 bits per heavy atom. The number of hydrogen-bond acceptors (Lipinski definition) is 3. The third kappa shape index (κ3) is 2.29. The van der Waals surface area contributed by atoms with Crippen LogP contribution in [0.5, 0.6) is 0 Å². The normalized spacial score (nSPS) is 17.7. The summed E-state index contributed by atoms with van der Waals surface area (Å²) in [5, 5.41) is 2.37. The maximum atomic E-state index is 11.9. The summed E-state index contributed by atoms with van der Waals surface area (Å²) in [5.41, 5.74) is 1.02. The molecule has 2 nitrogen and oxygen atoms in total. The summed E-state index contributed by atoms with van der Waals surface area (Å²) >= 11 is 6.47. The van der Waals surface area contributed by atoms with Crippen LogP contribution in [0.2, 0.25) is 0 Å². The van der Waals surface area contributed by atoms with E-state index in [0.29, 0.717) is 9.23 Å². The first kappa shape index (κ1) is 12.4. The number of nitrogens with zero attached hydrogens (tertiary/aromatic N) is 1. The first-order valence-corrected chi connectivity index (χ1v) is 7.08. The van der Waals surface area contributed by atoms with Crippen molar-refractivity contribution in [3.8, 4) is 0 Å². The summed E-state index contributed by atoms with van der Waals surface area (Å²) in [6.07, 6.45) is 1.90. The van der Waals surface area contributed by atoms with Crippen molar-refractivity contribution in [2.75, 3.05) is 7.05 Å². The standard InChI is InChI=1S/C15H11NOS2/c1-16-14(17)13(19-15(16)18)9-10-6-7-11-4-2-3-5-12(11)8-10/h2-9H,1H3/b13-9+. The zero-order chi connectivity index (χ0) is 13.4. The van der Waals surface area contributed by atoms with E-state index in [0.717, 1.165) is 5.56 Å². The van der Waals surface area contributed by atoms with Crippen LogP contribution in [-0.2, 0) is 4.79 Å². The molecule has 1 aliphatic heterocycles. The van der Waals surface area contributed by atoms with Crippen LogP contribution in [0.3, 0.4) is 0 Å². The van der Waals surface area contributed by atoms with Crippen LogP contribution in [0.25, 0.3) is 16.8 Å². The van der Waals surface area contributed by atoms with Crippen molar-refractivity contribution in [2.45, 2.75) is 0 Å². The van der Waals surface area contributed by atoms with Gasteiger partial charge in [-0.2, -0.15) is 0 Å². The Hall–Kier alpha value is -1.65. The highest BCUT2D eigenvalue weighted by Crippen LogP contribution is 2.31. The molecule has 19 heavy (non-hydrogen) atoms. The average Bonchev–Trinajstić information content (AvgIpc) is 2.66. The minimum Gasteiger partial charge on any atom is -0.296 e. The molecular formula is C15H11NOS2. The highest BCUT2D eigenvalue weighted by atomic mass is 32.2. The Bertz CT molecular complexity index is 721. The van der Waals surface area contributed by atoms with Gasteiger partial charge in [0.25, 0.3) is 5.91 Å². The number of rotatable bonds is 1. The first-order valence-electron chi connectivity index (χ1n) is 5.85. The molecular weight excluding hydrogens is 274 g/mol. The minimum absolute atomic E-state index is 0.0249. The van der Waals surface area contributed by atoms with Crippen molar-refractivity contribution in [1.82, 2.24) is 4.90 Å². The number of amides is 1. The Labute approximate surface area is 121 Å². The van der Waals surface area contributed by atoms with Crippen molar-refractivity contribution >= 4 is 51.1 Å². The topological polar surface area (TPSA) is 20.3 Å². The molecule has 1 amide bonds. The number of carbonyl (C=O) groups is 1. The minimum atomic E-state index is -0.0249. The lowest BCUT2D eigenvalue weighted by Gasteiger charge is -2.03. The molecule has 0 spiro atoms. The molecule has 0 bridgehead atoms. The van der Waals surface area contributed by atoms with Gasteiger partial charge in [-0.05, 0) is 28.5 Å². The second-order valence-corrected chi connectivity index (χ2v) is 6.02. The van der Waals surface area contributed by atoms with Gasteiger partial charge < -0.3 is 0 Å². The molecule has 0 saturated carbocycles. The molecule has 1 aliphatic rings. The van der Waals surface area contributed by atoms with Crippen molar-refractivity contribution < 1.29 is 4.79 Å². The Morgan fingerprint density at radius 1 is 1.16 bits per heavy atom. The number of fused-ring (bicyclic) bond motifs is 1. The van der Waals surface area contributed by atoms with E-state index < -0.39 is 0 Å². The molecule has 1 fully saturated rings. The fourth-order valence-electron chi connectivity index (χ4n) is 1.99. The highest BCUT2D eigenvalue weighted by molar-refractivity contribution is 8.26. The van der Waals surface area contributed by atoms with Gasteiger partial charge in [0.2, 0.25) is 0 Å². The molecule has 0 unspecified atom stereocenters. The Balaban J connectivity index is 2.02. The summed E-state index contributed by atoms with van der Waals surface area (Å²) in [5.74, 6) is -0.0249. The molecule has 4 heteroatoms. The summed E-state index contributed by atoms with van der Waals surface area (Å²) in [7, 11) is 1.71. The van der Waals surface area contributed by atoms with Crippen LogP contribution in [0, 0.1) is 0 Å². The van der Waals surface area contributed by atoms with Gasteiger partial charge in [0.05, 0.1) is 4.91 Å². The van der Waals surface area contributed by atoms with Gasteiger partial charge in [0, 0.05) is 7.05 Å². The van der Waals surface area contributed by atoms with Crippen molar-refractivity contribution in [1.29, 1.82) is 0 Å². The predicted octanol–water partition coefficient (Wildman–Crippen LogP) is 3.67. The largest absolute Gasteiger partial charge is 0.296 e. The average molecular weight is 285 g/mol. The highest BCUT2D eigenvalue weighted by Gasteiger charge is 2.28. The number of likely N-dealkylation sites (N-methyl/N-ethyl adjacent to an activating group) is 1. The van der Waals surface area contributed by atoms with Gasteiger partial charge in [-0.25, -0.2) is 0 Å². The number of hydrogen-bond donors (Lipinski definition) is 0. The van der Waals surface area contributed by atoms with Crippen molar-refractivity contribution in [3.63, 3.8) is 0 Å². The molecule has 94 valence electrons. The number of benzene rings is 2. The lowest BCUT2D eigenvalue weighted by molar-refractivity contribution is -0.121. The van der Waals surface area contributed by atoms with E-state index in [-0.39, 0.29) is 5.91 Å². The van der Waals surface area contributed by atoms with Crippen LogP contribution in [-0.4, -0.2) is 22.2 Å². The maximum absolute atomic E-state index is 11.9. The smallest absolute Gasteiger partial charge is 0.265 e. The molecule has 1 heterocycles. The second kappa shape index (κ2) is 4.79. The van der Waals surface area contributed by atoms with E-state index in [2.05, 4.69) is 24.3 Å². The number of carbonyl (C=O) groups excluding carboxylic acids is 1. The van der Waals surface area contributed by atoms with E-state index in [1.54, 1.807) is 7.05 Å². The van der Waals surface area contributed by atoms with Crippen LogP contribution in [0.4, 0.5) is 0 Å². The summed E-state index contributed by atoms with van der Waals surface area (Å²) < 4.78 is 0.608. The quantitative estimate of drug-likeness (QED) is 0.589. The Morgan fingerprint density at radius 2 is 1.89 bits per heavy atom.